The lowest BCUT2D eigenvalue weighted by Gasteiger charge is -2.28. The highest BCUT2D eigenvalue weighted by Gasteiger charge is 2.39. The molecule has 0 radical (unpaired) electrons. The second-order valence-electron chi connectivity index (χ2n) is 4.79. The van der Waals surface area contributed by atoms with Gasteiger partial charge < -0.3 is 4.74 Å². The fourth-order valence-electron chi connectivity index (χ4n) is 3.01. The molecule has 0 bridgehead atoms. The van der Waals surface area contributed by atoms with Gasteiger partial charge in [-0.15, -0.1) is 0 Å². The first-order chi connectivity index (χ1) is 8.27. The molecule has 88 valence electrons. The monoisotopic (exact) mass is 230 g/mol. The molecule has 3 heteroatoms. The van der Waals surface area contributed by atoms with Gasteiger partial charge in [0.2, 0.25) is 0 Å². The summed E-state index contributed by atoms with van der Waals surface area (Å²) in [5.74, 6) is -0.786. The molecule has 2 aliphatic rings. The van der Waals surface area contributed by atoms with Gasteiger partial charge in [-0.25, -0.2) is 4.79 Å². The molecule has 1 heterocycles. The second kappa shape index (κ2) is 3.99. The number of benzene rings is 1. The summed E-state index contributed by atoms with van der Waals surface area (Å²) < 4.78 is 4.93. The zero-order valence-electron chi connectivity index (χ0n) is 9.52. The van der Waals surface area contributed by atoms with Crippen molar-refractivity contribution in [3.8, 4) is 0 Å². The summed E-state index contributed by atoms with van der Waals surface area (Å²) in [6, 6.07) is 7.45. The van der Waals surface area contributed by atoms with Crippen molar-refractivity contribution >= 4 is 11.9 Å². The molecule has 1 aromatic carbocycles. The van der Waals surface area contributed by atoms with Crippen molar-refractivity contribution in [3.63, 3.8) is 0 Å². The Labute approximate surface area is 99.8 Å². The molecule has 0 saturated heterocycles. The lowest BCUT2D eigenvalue weighted by Crippen LogP contribution is -2.25. The maximum atomic E-state index is 11.9. The van der Waals surface area contributed by atoms with Gasteiger partial charge in [0.05, 0.1) is 11.5 Å². The van der Waals surface area contributed by atoms with Gasteiger partial charge in [-0.2, -0.15) is 0 Å². The molecule has 0 N–H and O–H groups in total. The second-order valence-corrected chi connectivity index (χ2v) is 4.79. The van der Waals surface area contributed by atoms with Crippen molar-refractivity contribution in [3.05, 3.63) is 35.4 Å². The van der Waals surface area contributed by atoms with Crippen LogP contribution in [0.4, 0.5) is 0 Å². The summed E-state index contributed by atoms with van der Waals surface area (Å²) in [4.78, 5) is 23.7. The van der Waals surface area contributed by atoms with E-state index in [-0.39, 0.29) is 17.8 Å². The fourth-order valence-corrected chi connectivity index (χ4v) is 3.01. The molecule has 3 nitrogen and oxygen atoms in total. The molecule has 1 saturated carbocycles. The van der Waals surface area contributed by atoms with Crippen LogP contribution in [0.1, 0.15) is 47.5 Å². The van der Waals surface area contributed by atoms with E-state index in [0.29, 0.717) is 5.56 Å². The molecule has 1 fully saturated rings. The number of ether oxygens (including phenoxy) is 1. The van der Waals surface area contributed by atoms with Crippen molar-refractivity contribution < 1.29 is 14.3 Å². The SMILES string of the molecule is O=C1OC(=O)C2CCCCC2c2ccccc21. The summed E-state index contributed by atoms with van der Waals surface area (Å²) in [5, 5.41) is 0. The Morgan fingerprint density at radius 1 is 1.00 bits per heavy atom. The van der Waals surface area contributed by atoms with Crippen LogP contribution in [-0.4, -0.2) is 11.9 Å². The van der Waals surface area contributed by atoms with E-state index in [1.807, 2.05) is 18.2 Å². The third kappa shape index (κ3) is 1.66. The van der Waals surface area contributed by atoms with E-state index in [0.717, 1.165) is 31.2 Å². The summed E-state index contributed by atoms with van der Waals surface area (Å²) >= 11 is 0. The molecule has 1 aliphatic carbocycles. The van der Waals surface area contributed by atoms with Crippen LogP contribution in [0.5, 0.6) is 0 Å². The van der Waals surface area contributed by atoms with Crippen LogP contribution in [0.15, 0.2) is 24.3 Å². The van der Waals surface area contributed by atoms with Crippen LogP contribution in [0, 0.1) is 5.92 Å². The first kappa shape index (κ1) is 10.5. The van der Waals surface area contributed by atoms with E-state index in [1.165, 1.54) is 0 Å². The summed E-state index contributed by atoms with van der Waals surface area (Å²) in [5.41, 5.74) is 1.56. The van der Waals surface area contributed by atoms with Gasteiger partial charge in [-0.3, -0.25) is 4.79 Å². The smallest absolute Gasteiger partial charge is 0.346 e. The molecule has 2 unspecified atom stereocenters. The van der Waals surface area contributed by atoms with Crippen LogP contribution in [0.2, 0.25) is 0 Å². The summed E-state index contributed by atoms with van der Waals surface area (Å²) in [6.45, 7) is 0. The van der Waals surface area contributed by atoms with Crippen LogP contribution >= 0.6 is 0 Å². The molecule has 17 heavy (non-hydrogen) atoms. The number of hydrogen-bond donors (Lipinski definition) is 0. The molecule has 0 amide bonds. The minimum absolute atomic E-state index is 0.128. The molecule has 2 atom stereocenters. The first-order valence-corrected chi connectivity index (χ1v) is 6.12. The Hall–Kier alpha value is -1.64. The Balaban J connectivity index is 2.12. The molecular formula is C14H14O3. The third-order valence-electron chi connectivity index (χ3n) is 3.84. The third-order valence-corrected chi connectivity index (χ3v) is 3.84. The van der Waals surface area contributed by atoms with Crippen LogP contribution < -0.4 is 0 Å². The maximum Gasteiger partial charge on any atom is 0.346 e. The topological polar surface area (TPSA) is 43.4 Å². The van der Waals surface area contributed by atoms with E-state index in [4.69, 9.17) is 4.74 Å². The van der Waals surface area contributed by atoms with E-state index in [2.05, 4.69) is 0 Å². The lowest BCUT2D eigenvalue weighted by atomic mass is 9.75. The van der Waals surface area contributed by atoms with E-state index in [1.54, 1.807) is 6.07 Å². The zero-order chi connectivity index (χ0) is 11.8. The quantitative estimate of drug-likeness (QED) is 0.508. The highest BCUT2D eigenvalue weighted by atomic mass is 16.6. The molecule has 1 aliphatic heterocycles. The Kier molecular flexibility index (Phi) is 2.46. The van der Waals surface area contributed by atoms with Gasteiger partial charge >= 0.3 is 11.9 Å². The Morgan fingerprint density at radius 3 is 2.53 bits per heavy atom. The minimum Gasteiger partial charge on any atom is -0.389 e. The van der Waals surface area contributed by atoms with Gasteiger partial charge in [0.15, 0.2) is 0 Å². The number of rotatable bonds is 0. The molecule has 0 spiro atoms. The molecular weight excluding hydrogens is 216 g/mol. The number of carbonyl (C=O) groups excluding carboxylic acids is 2. The highest BCUT2D eigenvalue weighted by molar-refractivity contribution is 6.00. The van der Waals surface area contributed by atoms with Crippen LogP contribution in [-0.2, 0) is 9.53 Å². The first-order valence-electron chi connectivity index (χ1n) is 6.12. The minimum atomic E-state index is -0.486. The van der Waals surface area contributed by atoms with Crippen molar-refractivity contribution in [2.45, 2.75) is 31.6 Å². The summed E-state index contributed by atoms with van der Waals surface area (Å²) in [7, 11) is 0. The Bertz CT molecular complexity index is 478. The van der Waals surface area contributed by atoms with E-state index >= 15 is 0 Å². The molecule has 3 rings (SSSR count). The normalized spacial score (nSPS) is 27.8. The number of carbonyl (C=O) groups is 2. The number of cyclic esters (lactones) is 2. The fraction of sp³-hybridized carbons (Fsp3) is 0.429. The van der Waals surface area contributed by atoms with Crippen LogP contribution in [0.3, 0.4) is 0 Å². The predicted octanol–water partition coefficient (Wildman–Crippen LogP) is 2.66. The van der Waals surface area contributed by atoms with Gasteiger partial charge in [-0.05, 0) is 30.4 Å². The zero-order valence-corrected chi connectivity index (χ0v) is 9.52. The van der Waals surface area contributed by atoms with Gasteiger partial charge in [0, 0.05) is 0 Å². The van der Waals surface area contributed by atoms with E-state index < -0.39 is 5.97 Å². The van der Waals surface area contributed by atoms with Crippen molar-refractivity contribution in [1.82, 2.24) is 0 Å². The predicted molar refractivity (Wildman–Crippen MR) is 61.6 cm³/mol. The number of esters is 2. The number of hydrogen-bond acceptors (Lipinski definition) is 3. The molecule has 1 aromatic rings. The van der Waals surface area contributed by atoms with Gasteiger partial charge in [-0.1, -0.05) is 31.0 Å². The van der Waals surface area contributed by atoms with Crippen LogP contribution in [0.25, 0.3) is 0 Å². The van der Waals surface area contributed by atoms with Crippen molar-refractivity contribution in [2.75, 3.05) is 0 Å². The lowest BCUT2D eigenvalue weighted by molar-refractivity contribution is -0.143. The average Bonchev–Trinajstić information content (AvgIpc) is 2.48. The highest BCUT2D eigenvalue weighted by Crippen LogP contribution is 2.41. The largest absolute Gasteiger partial charge is 0.389 e. The van der Waals surface area contributed by atoms with Crippen molar-refractivity contribution in [2.24, 2.45) is 5.92 Å². The van der Waals surface area contributed by atoms with Gasteiger partial charge in [0.1, 0.15) is 0 Å². The van der Waals surface area contributed by atoms with Gasteiger partial charge in [0.25, 0.3) is 0 Å². The summed E-state index contributed by atoms with van der Waals surface area (Å²) in [6.07, 6.45) is 3.98. The standard InChI is InChI=1S/C14H14O3/c15-13-11-7-3-1-5-9(11)10-6-2-4-8-12(10)14(16)17-13/h1,3,5,7,10,12H,2,4,6,8H2. The van der Waals surface area contributed by atoms with Crippen molar-refractivity contribution in [1.29, 1.82) is 0 Å². The van der Waals surface area contributed by atoms with E-state index in [9.17, 15) is 9.59 Å². The molecule has 0 aromatic heterocycles. The Morgan fingerprint density at radius 2 is 1.71 bits per heavy atom. The number of fused-ring (bicyclic) bond motifs is 3. The maximum absolute atomic E-state index is 11.9. The average molecular weight is 230 g/mol.